The van der Waals surface area contributed by atoms with Crippen molar-refractivity contribution >= 4 is 28.9 Å². The molecule has 1 aromatic rings. The zero-order valence-electron chi connectivity index (χ0n) is 10.1. The minimum absolute atomic E-state index is 0.00339. The highest BCUT2D eigenvalue weighted by atomic mass is 35.5. The van der Waals surface area contributed by atoms with E-state index in [4.69, 9.17) is 11.6 Å². The molecule has 1 aliphatic rings. The molecular formula is C12H12ClN3O3. The monoisotopic (exact) mass is 281 g/mol. The Bertz CT molecular complexity index is 549. The van der Waals surface area contributed by atoms with Crippen LogP contribution in [0.1, 0.15) is 36.0 Å². The second kappa shape index (κ2) is 5.79. The Kier molecular flexibility index (Phi) is 4.11. The first-order chi connectivity index (χ1) is 9.08. The van der Waals surface area contributed by atoms with Crippen LogP contribution in [0.3, 0.4) is 0 Å². The van der Waals surface area contributed by atoms with Crippen LogP contribution in [-0.2, 0) is 0 Å². The van der Waals surface area contributed by atoms with Crippen molar-refractivity contribution in [2.45, 2.75) is 25.7 Å². The molecule has 0 unspecified atom stereocenters. The van der Waals surface area contributed by atoms with Crippen LogP contribution in [-0.4, -0.2) is 16.5 Å². The van der Waals surface area contributed by atoms with Crippen molar-refractivity contribution in [2.24, 2.45) is 5.10 Å². The number of nitro benzene ring substituents is 1. The predicted octanol–water partition coefficient (Wildman–Crippen LogP) is 2.91. The van der Waals surface area contributed by atoms with Gasteiger partial charge in [-0.3, -0.25) is 14.9 Å². The maximum absolute atomic E-state index is 11.8. The number of hydrogen-bond donors (Lipinski definition) is 1. The molecule has 0 atom stereocenters. The lowest BCUT2D eigenvalue weighted by Crippen LogP contribution is -2.19. The summed E-state index contributed by atoms with van der Waals surface area (Å²) in [5, 5.41) is 14.7. The van der Waals surface area contributed by atoms with Gasteiger partial charge in [0.2, 0.25) is 0 Å². The van der Waals surface area contributed by atoms with Crippen LogP contribution < -0.4 is 5.43 Å². The van der Waals surface area contributed by atoms with Gasteiger partial charge in [-0.05, 0) is 37.8 Å². The summed E-state index contributed by atoms with van der Waals surface area (Å²) in [7, 11) is 0. The van der Waals surface area contributed by atoms with E-state index >= 15 is 0 Å². The number of nitrogens with one attached hydrogen (secondary N) is 1. The quantitative estimate of drug-likeness (QED) is 0.683. The fourth-order valence-corrected chi connectivity index (χ4v) is 2.07. The van der Waals surface area contributed by atoms with Gasteiger partial charge < -0.3 is 0 Å². The average Bonchev–Trinajstić information content (AvgIpc) is 2.89. The van der Waals surface area contributed by atoms with Crippen LogP contribution in [0.15, 0.2) is 23.3 Å². The lowest BCUT2D eigenvalue weighted by Gasteiger charge is -2.02. The van der Waals surface area contributed by atoms with Gasteiger partial charge in [-0.2, -0.15) is 5.10 Å². The van der Waals surface area contributed by atoms with Crippen molar-refractivity contribution in [1.29, 1.82) is 0 Å². The summed E-state index contributed by atoms with van der Waals surface area (Å²) in [4.78, 5) is 21.9. The first kappa shape index (κ1) is 13.5. The summed E-state index contributed by atoms with van der Waals surface area (Å²) in [5.74, 6) is -0.473. The van der Waals surface area contributed by atoms with Gasteiger partial charge in [-0.15, -0.1) is 0 Å². The topological polar surface area (TPSA) is 84.6 Å². The first-order valence-corrected chi connectivity index (χ1v) is 6.25. The zero-order valence-corrected chi connectivity index (χ0v) is 10.8. The summed E-state index contributed by atoms with van der Waals surface area (Å²) in [6.07, 6.45) is 3.95. The largest absolute Gasteiger partial charge is 0.288 e. The summed E-state index contributed by atoms with van der Waals surface area (Å²) < 4.78 is 0. The summed E-state index contributed by atoms with van der Waals surface area (Å²) in [6.45, 7) is 0. The highest BCUT2D eigenvalue weighted by Crippen LogP contribution is 2.25. The lowest BCUT2D eigenvalue weighted by atomic mass is 10.2. The number of carbonyl (C=O) groups excluding carboxylic acids is 1. The second-order valence-electron chi connectivity index (χ2n) is 4.25. The number of nitrogens with zero attached hydrogens (tertiary/aromatic N) is 2. The molecule has 1 amide bonds. The molecule has 1 aliphatic carbocycles. The number of hydrogen-bond acceptors (Lipinski definition) is 4. The van der Waals surface area contributed by atoms with Crippen LogP contribution in [0.2, 0.25) is 5.02 Å². The highest BCUT2D eigenvalue weighted by molar-refractivity contribution is 6.32. The third-order valence-corrected chi connectivity index (χ3v) is 3.22. The van der Waals surface area contributed by atoms with Gasteiger partial charge in [0, 0.05) is 17.3 Å². The molecule has 0 radical (unpaired) electrons. The second-order valence-corrected chi connectivity index (χ2v) is 4.66. The van der Waals surface area contributed by atoms with E-state index in [0.717, 1.165) is 37.5 Å². The molecule has 7 heteroatoms. The molecular weight excluding hydrogens is 270 g/mol. The normalized spacial score (nSPS) is 14.3. The maximum Gasteiger partial charge on any atom is 0.288 e. The fourth-order valence-electron chi connectivity index (χ4n) is 1.88. The fraction of sp³-hybridized carbons (Fsp3) is 0.333. The van der Waals surface area contributed by atoms with E-state index in [1.807, 2.05) is 0 Å². The molecule has 1 N–H and O–H groups in total. The van der Waals surface area contributed by atoms with Crippen molar-refractivity contribution in [1.82, 2.24) is 5.43 Å². The van der Waals surface area contributed by atoms with Gasteiger partial charge in [0.1, 0.15) is 5.02 Å². The molecule has 0 saturated heterocycles. The predicted molar refractivity (Wildman–Crippen MR) is 71.5 cm³/mol. The van der Waals surface area contributed by atoms with E-state index in [1.165, 1.54) is 12.1 Å². The number of nitro groups is 1. The van der Waals surface area contributed by atoms with E-state index < -0.39 is 10.8 Å². The molecule has 6 nitrogen and oxygen atoms in total. The van der Waals surface area contributed by atoms with Crippen LogP contribution in [0.4, 0.5) is 5.69 Å². The molecule has 19 heavy (non-hydrogen) atoms. The van der Waals surface area contributed by atoms with Crippen LogP contribution in [0.25, 0.3) is 0 Å². The number of amides is 1. The molecule has 100 valence electrons. The molecule has 0 aromatic heterocycles. The van der Waals surface area contributed by atoms with Crippen molar-refractivity contribution in [3.8, 4) is 0 Å². The lowest BCUT2D eigenvalue weighted by molar-refractivity contribution is -0.384. The van der Waals surface area contributed by atoms with E-state index in [1.54, 1.807) is 0 Å². The molecule has 1 saturated carbocycles. The molecule has 0 aliphatic heterocycles. The Morgan fingerprint density at radius 3 is 2.68 bits per heavy atom. The van der Waals surface area contributed by atoms with Gasteiger partial charge in [-0.1, -0.05) is 11.6 Å². The summed E-state index contributed by atoms with van der Waals surface area (Å²) >= 11 is 5.68. The molecule has 0 bridgehead atoms. The minimum atomic E-state index is -0.623. The number of carbonyl (C=O) groups is 1. The van der Waals surface area contributed by atoms with E-state index in [2.05, 4.69) is 10.5 Å². The number of hydrazone groups is 1. The smallest absolute Gasteiger partial charge is 0.267 e. The van der Waals surface area contributed by atoms with Crippen molar-refractivity contribution < 1.29 is 9.72 Å². The van der Waals surface area contributed by atoms with E-state index in [-0.39, 0.29) is 16.3 Å². The SMILES string of the molecule is O=C(NN=C1CCCC1)c1ccc(Cl)c([N+](=O)[O-])c1. The summed E-state index contributed by atoms with van der Waals surface area (Å²) in [5.41, 5.74) is 3.24. The Labute approximate surface area is 114 Å². The van der Waals surface area contributed by atoms with Crippen molar-refractivity contribution in [3.63, 3.8) is 0 Å². The Morgan fingerprint density at radius 2 is 2.05 bits per heavy atom. The van der Waals surface area contributed by atoms with Crippen molar-refractivity contribution in [3.05, 3.63) is 38.9 Å². The molecule has 0 heterocycles. The van der Waals surface area contributed by atoms with E-state index in [0.29, 0.717) is 0 Å². The zero-order chi connectivity index (χ0) is 13.8. The van der Waals surface area contributed by atoms with Gasteiger partial charge in [0.15, 0.2) is 0 Å². The standard InChI is InChI=1S/C12H12ClN3O3/c13-10-6-5-8(7-11(10)16(18)19)12(17)15-14-9-3-1-2-4-9/h5-7H,1-4H2,(H,15,17). The maximum atomic E-state index is 11.8. The van der Waals surface area contributed by atoms with Gasteiger partial charge in [0.25, 0.3) is 11.6 Å². The van der Waals surface area contributed by atoms with E-state index in [9.17, 15) is 14.9 Å². The van der Waals surface area contributed by atoms with Gasteiger partial charge in [-0.25, -0.2) is 5.43 Å². The molecule has 2 rings (SSSR count). The number of benzene rings is 1. The third-order valence-electron chi connectivity index (χ3n) is 2.90. The average molecular weight is 282 g/mol. The Balaban J connectivity index is 2.12. The Hall–Kier alpha value is -1.95. The third kappa shape index (κ3) is 3.29. The van der Waals surface area contributed by atoms with Crippen LogP contribution >= 0.6 is 11.6 Å². The number of halogens is 1. The molecule has 1 fully saturated rings. The van der Waals surface area contributed by atoms with Crippen LogP contribution in [0.5, 0.6) is 0 Å². The van der Waals surface area contributed by atoms with Crippen LogP contribution in [0, 0.1) is 10.1 Å². The number of rotatable bonds is 3. The minimum Gasteiger partial charge on any atom is -0.267 e. The molecule has 0 spiro atoms. The first-order valence-electron chi connectivity index (χ1n) is 5.87. The van der Waals surface area contributed by atoms with Gasteiger partial charge >= 0.3 is 0 Å². The summed E-state index contributed by atoms with van der Waals surface area (Å²) in [6, 6.07) is 3.91. The van der Waals surface area contributed by atoms with Crippen molar-refractivity contribution in [2.75, 3.05) is 0 Å². The Morgan fingerprint density at radius 1 is 1.37 bits per heavy atom. The molecule has 1 aromatic carbocycles. The van der Waals surface area contributed by atoms with Gasteiger partial charge in [0.05, 0.1) is 4.92 Å². The highest BCUT2D eigenvalue weighted by Gasteiger charge is 2.16.